The summed E-state index contributed by atoms with van der Waals surface area (Å²) in [4.78, 5) is 0. The van der Waals surface area contributed by atoms with Crippen molar-refractivity contribution in [2.75, 3.05) is 7.11 Å². The molecule has 0 unspecified atom stereocenters. The molecule has 0 radical (unpaired) electrons. The molecule has 44 valence electrons. The maximum absolute atomic E-state index is 4.93. The Kier molecular flexibility index (Phi) is 1.24. The molecule has 2 heteroatoms. The molecule has 0 aliphatic heterocycles. The minimum Gasteiger partial charge on any atom is -0.493 e. The molecule has 2 nitrogen and oxygen atoms in total. The third-order valence-electron chi connectivity index (χ3n) is 0.942. The Labute approximate surface area is 48.1 Å². The molecule has 0 atom stereocenters. The molecule has 1 heterocycles. The fraction of sp³-hybridized carbons (Fsp3) is 0.333. The number of rotatable bonds is 1. The van der Waals surface area contributed by atoms with E-state index in [0.717, 1.165) is 11.5 Å². The lowest BCUT2D eigenvalue weighted by molar-refractivity contribution is 0.405. The zero-order valence-electron chi connectivity index (χ0n) is 4.97. The Morgan fingerprint density at radius 2 is 2.38 bits per heavy atom. The molecule has 0 aliphatic carbocycles. The van der Waals surface area contributed by atoms with Gasteiger partial charge in [-0.2, -0.15) is 0 Å². The highest BCUT2D eigenvalue weighted by molar-refractivity contribution is 5.17. The number of aryl methyl sites for hydroxylation is 1. The van der Waals surface area contributed by atoms with Gasteiger partial charge < -0.3 is 9.15 Å². The normalized spacial score (nSPS) is 9.25. The summed E-state index contributed by atoms with van der Waals surface area (Å²) < 4.78 is 9.77. The second-order valence-electron chi connectivity index (χ2n) is 1.60. The summed E-state index contributed by atoms with van der Waals surface area (Å²) in [5, 5.41) is 0. The summed E-state index contributed by atoms with van der Waals surface area (Å²) in [5.74, 6) is 1.66. The van der Waals surface area contributed by atoms with Crippen molar-refractivity contribution < 1.29 is 9.15 Å². The monoisotopic (exact) mass is 112 g/mol. The van der Waals surface area contributed by atoms with Crippen molar-refractivity contribution in [3.8, 4) is 5.75 Å². The van der Waals surface area contributed by atoms with Crippen LogP contribution < -0.4 is 4.74 Å². The average Bonchev–Trinajstić information content (AvgIpc) is 2.14. The van der Waals surface area contributed by atoms with Gasteiger partial charge in [0.25, 0.3) is 0 Å². The van der Waals surface area contributed by atoms with E-state index in [1.54, 1.807) is 13.4 Å². The number of furan rings is 1. The van der Waals surface area contributed by atoms with Crippen molar-refractivity contribution in [2.24, 2.45) is 0 Å². The highest BCUT2D eigenvalue weighted by atomic mass is 16.5. The zero-order valence-corrected chi connectivity index (χ0v) is 4.97. The van der Waals surface area contributed by atoms with Gasteiger partial charge in [0, 0.05) is 6.07 Å². The second kappa shape index (κ2) is 1.90. The first-order valence-electron chi connectivity index (χ1n) is 2.42. The first kappa shape index (κ1) is 5.22. The molecule has 1 rings (SSSR count). The quantitative estimate of drug-likeness (QED) is 0.550. The molecule has 0 N–H and O–H groups in total. The minimum atomic E-state index is 0.780. The Balaban J connectivity index is 2.84. The molecule has 1 aromatic heterocycles. The lowest BCUT2D eigenvalue weighted by Gasteiger charge is -1.85. The van der Waals surface area contributed by atoms with Crippen LogP contribution in [0.15, 0.2) is 16.7 Å². The number of methoxy groups -OCH3 is 1. The SMILES string of the molecule is COc1coc(C)c1. The van der Waals surface area contributed by atoms with Crippen molar-refractivity contribution in [3.05, 3.63) is 18.1 Å². The van der Waals surface area contributed by atoms with Crippen LogP contribution >= 0.6 is 0 Å². The third-order valence-corrected chi connectivity index (χ3v) is 0.942. The van der Waals surface area contributed by atoms with E-state index in [1.165, 1.54) is 0 Å². The van der Waals surface area contributed by atoms with E-state index >= 15 is 0 Å². The summed E-state index contributed by atoms with van der Waals surface area (Å²) in [6, 6.07) is 1.83. The maximum atomic E-state index is 4.93. The summed E-state index contributed by atoms with van der Waals surface area (Å²) in [5.41, 5.74) is 0. The highest BCUT2D eigenvalue weighted by Gasteiger charge is 1.92. The molecule has 1 aromatic rings. The zero-order chi connectivity index (χ0) is 5.98. The van der Waals surface area contributed by atoms with Crippen LogP contribution in [0, 0.1) is 6.92 Å². The number of ether oxygens (including phenoxy) is 1. The molecule has 0 aliphatic rings. The fourth-order valence-corrected chi connectivity index (χ4v) is 0.526. The predicted molar refractivity (Wildman–Crippen MR) is 30.0 cm³/mol. The Bertz CT molecular complexity index is 167. The molecule has 0 amide bonds. The van der Waals surface area contributed by atoms with Crippen molar-refractivity contribution >= 4 is 0 Å². The molecular weight excluding hydrogens is 104 g/mol. The van der Waals surface area contributed by atoms with Gasteiger partial charge in [-0.05, 0) is 6.92 Å². The van der Waals surface area contributed by atoms with Crippen LogP contribution in [0.25, 0.3) is 0 Å². The fourth-order valence-electron chi connectivity index (χ4n) is 0.526. The van der Waals surface area contributed by atoms with Crippen LogP contribution in [0.3, 0.4) is 0 Å². The van der Waals surface area contributed by atoms with E-state index in [9.17, 15) is 0 Å². The largest absolute Gasteiger partial charge is 0.493 e. The molecule has 0 saturated heterocycles. The van der Waals surface area contributed by atoms with Gasteiger partial charge in [-0.15, -0.1) is 0 Å². The van der Waals surface area contributed by atoms with Crippen LogP contribution in [0.1, 0.15) is 5.76 Å². The van der Waals surface area contributed by atoms with Crippen molar-refractivity contribution in [1.82, 2.24) is 0 Å². The first-order chi connectivity index (χ1) is 3.83. The Morgan fingerprint density at radius 3 is 2.62 bits per heavy atom. The first-order valence-corrected chi connectivity index (χ1v) is 2.42. The van der Waals surface area contributed by atoms with Crippen molar-refractivity contribution in [1.29, 1.82) is 0 Å². The van der Waals surface area contributed by atoms with E-state index < -0.39 is 0 Å². The van der Waals surface area contributed by atoms with Gasteiger partial charge in [0.2, 0.25) is 0 Å². The van der Waals surface area contributed by atoms with Gasteiger partial charge in [0.1, 0.15) is 12.0 Å². The summed E-state index contributed by atoms with van der Waals surface area (Å²) in [7, 11) is 1.62. The van der Waals surface area contributed by atoms with Crippen LogP contribution in [-0.4, -0.2) is 7.11 Å². The molecule has 0 saturated carbocycles. The van der Waals surface area contributed by atoms with E-state index in [4.69, 9.17) is 9.15 Å². The minimum absolute atomic E-state index is 0.780. The maximum Gasteiger partial charge on any atom is 0.157 e. The topological polar surface area (TPSA) is 22.4 Å². The summed E-state index contributed by atoms with van der Waals surface area (Å²) in [6.07, 6.45) is 1.58. The van der Waals surface area contributed by atoms with E-state index in [0.29, 0.717) is 0 Å². The van der Waals surface area contributed by atoms with Gasteiger partial charge in [-0.3, -0.25) is 0 Å². The Hall–Kier alpha value is -0.920. The van der Waals surface area contributed by atoms with Crippen molar-refractivity contribution in [2.45, 2.75) is 6.92 Å². The van der Waals surface area contributed by atoms with Crippen LogP contribution in [0.4, 0.5) is 0 Å². The molecule has 0 aromatic carbocycles. The molecule has 0 spiro atoms. The van der Waals surface area contributed by atoms with Crippen LogP contribution in [0.5, 0.6) is 5.75 Å². The van der Waals surface area contributed by atoms with Crippen LogP contribution in [-0.2, 0) is 0 Å². The van der Waals surface area contributed by atoms with Crippen LogP contribution in [0.2, 0.25) is 0 Å². The van der Waals surface area contributed by atoms with Gasteiger partial charge in [0.15, 0.2) is 5.75 Å². The molecule has 0 bridgehead atoms. The number of hydrogen-bond acceptors (Lipinski definition) is 2. The van der Waals surface area contributed by atoms with Crippen molar-refractivity contribution in [3.63, 3.8) is 0 Å². The average molecular weight is 112 g/mol. The van der Waals surface area contributed by atoms with Gasteiger partial charge in [0.05, 0.1) is 7.11 Å². The third kappa shape index (κ3) is 0.832. The standard InChI is InChI=1S/C6H8O2/c1-5-3-6(7-2)4-8-5/h3-4H,1-2H3. The van der Waals surface area contributed by atoms with Gasteiger partial charge >= 0.3 is 0 Å². The summed E-state index contributed by atoms with van der Waals surface area (Å²) in [6.45, 7) is 1.88. The highest BCUT2D eigenvalue weighted by Crippen LogP contribution is 2.12. The molecular formula is C6H8O2. The van der Waals surface area contributed by atoms with Gasteiger partial charge in [-0.25, -0.2) is 0 Å². The molecule has 8 heavy (non-hydrogen) atoms. The molecule has 0 fully saturated rings. The van der Waals surface area contributed by atoms with E-state index in [-0.39, 0.29) is 0 Å². The second-order valence-corrected chi connectivity index (χ2v) is 1.60. The van der Waals surface area contributed by atoms with Gasteiger partial charge in [-0.1, -0.05) is 0 Å². The number of hydrogen-bond donors (Lipinski definition) is 0. The Morgan fingerprint density at radius 1 is 1.62 bits per heavy atom. The smallest absolute Gasteiger partial charge is 0.157 e. The lowest BCUT2D eigenvalue weighted by atomic mass is 10.5. The lowest BCUT2D eigenvalue weighted by Crippen LogP contribution is -1.75. The van der Waals surface area contributed by atoms with E-state index in [2.05, 4.69) is 0 Å². The predicted octanol–water partition coefficient (Wildman–Crippen LogP) is 1.60. The summed E-state index contributed by atoms with van der Waals surface area (Å²) >= 11 is 0. The van der Waals surface area contributed by atoms with E-state index in [1.807, 2.05) is 13.0 Å².